The number of furan rings is 1. The highest BCUT2D eigenvalue weighted by atomic mass is 16.5. The third-order valence-electron chi connectivity index (χ3n) is 4.36. The maximum Gasteiger partial charge on any atom is 0.229 e. The average molecular weight is 294 g/mol. The minimum Gasteiger partial charge on any atom is -0.466 e. The number of aryl methyl sites for hydroxylation is 2. The number of hydrogen-bond donors (Lipinski definition) is 2. The highest BCUT2D eigenvalue weighted by Gasteiger charge is 2.40. The van der Waals surface area contributed by atoms with Crippen molar-refractivity contribution in [1.29, 1.82) is 0 Å². The number of rotatable bonds is 5. The second kappa shape index (κ2) is 6.62. The van der Waals surface area contributed by atoms with E-state index in [9.17, 15) is 4.79 Å². The summed E-state index contributed by atoms with van der Waals surface area (Å²) in [6.07, 6.45) is 1.62. The summed E-state index contributed by atoms with van der Waals surface area (Å²) in [5.74, 6) is 1.82. The predicted molar refractivity (Wildman–Crippen MR) is 81.2 cm³/mol. The van der Waals surface area contributed by atoms with E-state index in [1.165, 1.54) is 0 Å². The first-order valence-electron chi connectivity index (χ1n) is 7.56. The Morgan fingerprint density at radius 1 is 1.48 bits per heavy atom. The summed E-state index contributed by atoms with van der Waals surface area (Å²) in [6, 6.07) is 1.93. The molecule has 118 valence electrons. The molecule has 1 aromatic heterocycles. The lowest BCUT2D eigenvalue weighted by atomic mass is 9.78. The van der Waals surface area contributed by atoms with Crippen LogP contribution in [0.4, 0.5) is 0 Å². The Morgan fingerprint density at radius 2 is 2.14 bits per heavy atom. The van der Waals surface area contributed by atoms with Crippen molar-refractivity contribution in [1.82, 2.24) is 10.6 Å². The lowest BCUT2D eigenvalue weighted by molar-refractivity contribution is -0.136. The van der Waals surface area contributed by atoms with Gasteiger partial charge >= 0.3 is 0 Å². The second-order valence-electron chi connectivity index (χ2n) is 6.03. The van der Waals surface area contributed by atoms with Crippen LogP contribution in [-0.2, 0) is 9.53 Å². The smallest absolute Gasteiger partial charge is 0.229 e. The number of methoxy groups -OCH3 is 1. The SMILES string of the molecule is COCC1(C(=O)NC(C)c2cc(C)oc2C)CCNCC1. The molecule has 5 heteroatoms. The number of amides is 1. The van der Waals surface area contributed by atoms with Gasteiger partial charge in [-0.15, -0.1) is 0 Å². The van der Waals surface area contributed by atoms with Crippen LogP contribution >= 0.6 is 0 Å². The lowest BCUT2D eigenvalue weighted by Crippen LogP contribution is -2.50. The zero-order valence-corrected chi connectivity index (χ0v) is 13.4. The van der Waals surface area contributed by atoms with Crippen LogP contribution in [0.15, 0.2) is 10.5 Å². The number of nitrogens with one attached hydrogen (secondary N) is 2. The van der Waals surface area contributed by atoms with E-state index in [0.717, 1.165) is 43.0 Å². The molecule has 0 aromatic carbocycles. The van der Waals surface area contributed by atoms with E-state index in [4.69, 9.17) is 9.15 Å². The molecule has 2 rings (SSSR count). The van der Waals surface area contributed by atoms with Crippen molar-refractivity contribution in [2.45, 2.75) is 39.7 Å². The Balaban J connectivity index is 2.09. The van der Waals surface area contributed by atoms with Gasteiger partial charge in [0.2, 0.25) is 5.91 Å². The molecule has 1 amide bonds. The quantitative estimate of drug-likeness (QED) is 0.873. The number of carbonyl (C=O) groups is 1. The van der Waals surface area contributed by atoms with Crippen LogP contribution in [0.2, 0.25) is 0 Å². The monoisotopic (exact) mass is 294 g/mol. The van der Waals surface area contributed by atoms with Gasteiger partial charge in [0.1, 0.15) is 11.5 Å². The van der Waals surface area contributed by atoms with E-state index in [1.807, 2.05) is 26.8 Å². The zero-order chi connectivity index (χ0) is 15.5. The zero-order valence-electron chi connectivity index (χ0n) is 13.4. The fraction of sp³-hybridized carbons (Fsp3) is 0.688. The van der Waals surface area contributed by atoms with Crippen molar-refractivity contribution in [2.24, 2.45) is 5.41 Å². The summed E-state index contributed by atoms with van der Waals surface area (Å²) in [5.41, 5.74) is 0.628. The summed E-state index contributed by atoms with van der Waals surface area (Å²) in [4.78, 5) is 12.8. The Morgan fingerprint density at radius 3 is 2.67 bits per heavy atom. The van der Waals surface area contributed by atoms with Crippen molar-refractivity contribution in [3.05, 3.63) is 23.2 Å². The van der Waals surface area contributed by atoms with Gasteiger partial charge in [0.25, 0.3) is 0 Å². The molecule has 1 unspecified atom stereocenters. The van der Waals surface area contributed by atoms with E-state index in [-0.39, 0.29) is 11.9 Å². The van der Waals surface area contributed by atoms with Gasteiger partial charge in [0.15, 0.2) is 0 Å². The molecule has 1 aliphatic rings. The van der Waals surface area contributed by atoms with Crippen LogP contribution in [0.1, 0.15) is 42.9 Å². The van der Waals surface area contributed by atoms with Crippen LogP contribution in [0.5, 0.6) is 0 Å². The number of piperidine rings is 1. The van der Waals surface area contributed by atoms with Gasteiger partial charge in [0, 0.05) is 12.7 Å². The van der Waals surface area contributed by atoms with Crippen molar-refractivity contribution in [3.63, 3.8) is 0 Å². The maximum atomic E-state index is 12.8. The molecule has 0 spiro atoms. The fourth-order valence-electron chi connectivity index (χ4n) is 3.13. The Hall–Kier alpha value is -1.33. The van der Waals surface area contributed by atoms with Gasteiger partial charge in [0.05, 0.1) is 18.1 Å². The first-order chi connectivity index (χ1) is 9.98. The van der Waals surface area contributed by atoms with E-state index in [1.54, 1.807) is 7.11 Å². The molecule has 1 aliphatic heterocycles. The van der Waals surface area contributed by atoms with Gasteiger partial charge in [-0.05, 0) is 52.8 Å². The highest BCUT2D eigenvalue weighted by molar-refractivity contribution is 5.83. The summed E-state index contributed by atoms with van der Waals surface area (Å²) in [5, 5.41) is 6.44. The molecule has 0 aliphatic carbocycles. The molecule has 1 fully saturated rings. The molecule has 0 saturated carbocycles. The number of carbonyl (C=O) groups excluding carboxylic acids is 1. The molecule has 1 aromatic rings. The summed E-state index contributed by atoms with van der Waals surface area (Å²) in [7, 11) is 1.66. The fourth-order valence-corrected chi connectivity index (χ4v) is 3.13. The van der Waals surface area contributed by atoms with E-state index < -0.39 is 5.41 Å². The first kappa shape index (κ1) is 16.0. The Bertz CT molecular complexity index is 484. The van der Waals surface area contributed by atoms with E-state index in [2.05, 4.69) is 10.6 Å². The molecule has 0 bridgehead atoms. The van der Waals surface area contributed by atoms with Crippen LogP contribution in [-0.4, -0.2) is 32.7 Å². The summed E-state index contributed by atoms with van der Waals surface area (Å²) >= 11 is 0. The van der Waals surface area contributed by atoms with Gasteiger partial charge in [-0.2, -0.15) is 0 Å². The second-order valence-corrected chi connectivity index (χ2v) is 6.03. The van der Waals surface area contributed by atoms with Crippen molar-refractivity contribution in [3.8, 4) is 0 Å². The molecule has 21 heavy (non-hydrogen) atoms. The molecule has 5 nitrogen and oxygen atoms in total. The molecule has 2 heterocycles. The molecule has 2 N–H and O–H groups in total. The van der Waals surface area contributed by atoms with Crippen molar-refractivity contribution in [2.75, 3.05) is 26.8 Å². The molecular formula is C16H26N2O3. The molecule has 1 saturated heterocycles. The molecule has 1 atom stereocenters. The highest BCUT2D eigenvalue weighted by Crippen LogP contribution is 2.31. The average Bonchev–Trinajstić information content (AvgIpc) is 2.79. The normalized spacial score (nSPS) is 19.2. The Labute approximate surface area is 126 Å². The van der Waals surface area contributed by atoms with Crippen LogP contribution < -0.4 is 10.6 Å². The van der Waals surface area contributed by atoms with Crippen LogP contribution in [0.25, 0.3) is 0 Å². The van der Waals surface area contributed by atoms with Crippen LogP contribution in [0.3, 0.4) is 0 Å². The topological polar surface area (TPSA) is 63.5 Å². The van der Waals surface area contributed by atoms with Crippen molar-refractivity contribution < 1.29 is 13.9 Å². The van der Waals surface area contributed by atoms with Gasteiger partial charge in [-0.1, -0.05) is 0 Å². The Kier molecular flexibility index (Phi) is 5.06. The standard InChI is InChI=1S/C16H26N2O3/c1-11-9-14(13(3)21-11)12(2)18-15(19)16(10-20-4)5-7-17-8-6-16/h9,12,17H,5-8,10H2,1-4H3,(H,18,19). The van der Waals surface area contributed by atoms with Crippen LogP contribution in [0, 0.1) is 19.3 Å². The van der Waals surface area contributed by atoms with Crippen molar-refractivity contribution >= 4 is 5.91 Å². The van der Waals surface area contributed by atoms with Gasteiger partial charge in [-0.3, -0.25) is 4.79 Å². The minimum absolute atomic E-state index is 0.0569. The number of hydrogen-bond acceptors (Lipinski definition) is 4. The third-order valence-corrected chi connectivity index (χ3v) is 4.36. The largest absolute Gasteiger partial charge is 0.466 e. The van der Waals surface area contributed by atoms with Gasteiger partial charge in [-0.25, -0.2) is 0 Å². The predicted octanol–water partition coefficient (Wildman–Crippen LogP) is 2.09. The molecular weight excluding hydrogens is 268 g/mol. The van der Waals surface area contributed by atoms with E-state index in [0.29, 0.717) is 6.61 Å². The molecule has 0 radical (unpaired) electrons. The lowest BCUT2D eigenvalue weighted by Gasteiger charge is -2.36. The first-order valence-corrected chi connectivity index (χ1v) is 7.56. The summed E-state index contributed by atoms with van der Waals surface area (Å²) in [6.45, 7) is 8.03. The minimum atomic E-state index is -0.416. The van der Waals surface area contributed by atoms with E-state index >= 15 is 0 Å². The third kappa shape index (κ3) is 3.47. The number of ether oxygens (including phenoxy) is 1. The maximum absolute atomic E-state index is 12.8. The van der Waals surface area contributed by atoms with Gasteiger partial charge < -0.3 is 19.8 Å². The summed E-state index contributed by atoms with van der Waals surface area (Å²) < 4.78 is 10.9.